The van der Waals surface area contributed by atoms with Crippen LogP contribution in [0.25, 0.3) is 0 Å². The van der Waals surface area contributed by atoms with E-state index in [0.29, 0.717) is 12.0 Å². The van der Waals surface area contributed by atoms with E-state index in [4.69, 9.17) is 5.73 Å². The molecule has 0 spiro atoms. The highest BCUT2D eigenvalue weighted by atomic mass is 15.2. The van der Waals surface area contributed by atoms with E-state index in [2.05, 4.69) is 27.4 Å². The van der Waals surface area contributed by atoms with Gasteiger partial charge in [0.1, 0.15) is 5.82 Å². The van der Waals surface area contributed by atoms with E-state index in [9.17, 15) is 0 Å². The Morgan fingerprint density at radius 1 is 1.29 bits per heavy atom. The van der Waals surface area contributed by atoms with Gasteiger partial charge in [0, 0.05) is 26.0 Å². The lowest BCUT2D eigenvalue weighted by Gasteiger charge is -2.27. The molecule has 21 heavy (non-hydrogen) atoms. The number of anilines is 3. The molecular weight excluding hydrogens is 262 g/mol. The molecule has 1 aromatic carbocycles. The number of nitrogens with zero attached hydrogens (tertiary/aromatic N) is 3. The number of aromatic nitrogens is 2. The van der Waals surface area contributed by atoms with Crippen LogP contribution in [0.2, 0.25) is 0 Å². The van der Waals surface area contributed by atoms with Crippen LogP contribution < -0.4 is 16.0 Å². The number of hydrogen-bond donors (Lipinski definition) is 2. The maximum atomic E-state index is 5.89. The standard InChI is InChI=1S/C16H21N5/c1-21(2)16-18-9-8-15(20-16)19-14-5-3-4-11-10-12(17)6-7-13(11)14/h6-10,14H,3-5,17H2,1-2H3,(H,18,19,20). The summed E-state index contributed by atoms with van der Waals surface area (Å²) in [5, 5.41) is 3.53. The maximum Gasteiger partial charge on any atom is 0.226 e. The zero-order valence-electron chi connectivity index (χ0n) is 12.5. The molecule has 1 aliphatic rings. The number of aryl methyl sites for hydroxylation is 1. The molecule has 1 atom stereocenters. The third kappa shape index (κ3) is 2.91. The van der Waals surface area contributed by atoms with Gasteiger partial charge in [0.15, 0.2) is 0 Å². The summed E-state index contributed by atoms with van der Waals surface area (Å²) in [5.74, 6) is 1.58. The van der Waals surface area contributed by atoms with Crippen LogP contribution in [0.3, 0.4) is 0 Å². The van der Waals surface area contributed by atoms with Crippen molar-refractivity contribution in [2.45, 2.75) is 25.3 Å². The zero-order chi connectivity index (χ0) is 14.8. The van der Waals surface area contributed by atoms with Gasteiger partial charge in [0.2, 0.25) is 5.95 Å². The van der Waals surface area contributed by atoms with Crippen LogP contribution >= 0.6 is 0 Å². The molecule has 0 saturated carbocycles. The van der Waals surface area contributed by atoms with Crippen LogP contribution in [0.15, 0.2) is 30.5 Å². The molecular formula is C16H21N5. The molecule has 5 nitrogen and oxygen atoms in total. The Labute approximate surface area is 125 Å². The third-order valence-electron chi connectivity index (χ3n) is 3.85. The summed E-state index contributed by atoms with van der Waals surface area (Å²) in [6.45, 7) is 0. The fraction of sp³-hybridized carbons (Fsp3) is 0.375. The average Bonchev–Trinajstić information content (AvgIpc) is 2.47. The Balaban J connectivity index is 1.85. The topological polar surface area (TPSA) is 67.1 Å². The number of hydrogen-bond acceptors (Lipinski definition) is 5. The van der Waals surface area contributed by atoms with E-state index in [1.54, 1.807) is 6.20 Å². The number of rotatable bonds is 3. The monoisotopic (exact) mass is 283 g/mol. The molecule has 110 valence electrons. The number of nitrogens with two attached hydrogens (primary N) is 1. The molecule has 0 saturated heterocycles. The number of nitrogen functional groups attached to an aromatic ring is 1. The zero-order valence-corrected chi connectivity index (χ0v) is 12.5. The van der Waals surface area contributed by atoms with Crippen molar-refractivity contribution in [1.29, 1.82) is 0 Å². The van der Waals surface area contributed by atoms with Crippen LogP contribution in [0.4, 0.5) is 17.5 Å². The molecule has 0 amide bonds. The number of benzene rings is 1. The van der Waals surface area contributed by atoms with E-state index in [1.807, 2.05) is 31.1 Å². The highest BCUT2D eigenvalue weighted by Gasteiger charge is 2.20. The van der Waals surface area contributed by atoms with Gasteiger partial charge in [-0.2, -0.15) is 4.98 Å². The molecule has 0 radical (unpaired) electrons. The van der Waals surface area contributed by atoms with Gasteiger partial charge in [-0.25, -0.2) is 4.98 Å². The first-order chi connectivity index (χ1) is 10.1. The molecule has 1 unspecified atom stereocenters. The Bertz CT molecular complexity index is 638. The third-order valence-corrected chi connectivity index (χ3v) is 3.85. The predicted octanol–water partition coefficient (Wildman–Crippen LogP) is 2.61. The Kier molecular flexibility index (Phi) is 3.64. The van der Waals surface area contributed by atoms with Crippen molar-refractivity contribution in [3.05, 3.63) is 41.6 Å². The van der Waals surface area contributed by atoms with Gasteiger partial charge in [-0.05, 0) is 48.6 Å². The van der Waals surface area contributed by atoms with Gasteiger partial charge in [-0.1, -0.05) is 6.07 Å². The van der Waals surface area contributed by atoms with Crippen molar-refractivity contribution >= 4 is 17.5 Å². The molecule has 5 heteroatoms. The van der Waals surface area contributed by atoms with Crippen molar-refractivity contribution in [3.63, 3.8) is 0 Å². The molecule has 0 bridgehead atoms. The lowest BCUT2D eigenvalue weighted by atomic mass is 9.87. The van der Waals surface area contributed by atoms with Crippen LogP contribution in [0.5, 0.6) is 0 Å². The van der Waals surface area contributed by atoms with Crippen molar-refractivity contribution in [1.82, 2.24) is 9.97 Å². The molecule has 0 fully saturated rings. The predicted molar refractivity (Wildman–Crippen MR) is 86.5 cm³/mol. The first-order valence-electron chi connectivity index (χ1n) is 7.28. The smallest absolute Gasteiger partial charge is 0.226 e. The molecule has 0 aliphatic heterocycles. The molecule has 1 heterocycles. The summed E-state index contributed by atoms with van der Waals surface area (Å²) >= 11 is 0. The van der Waals surface area contributed by atoms with Gasteiger partial charge >= 0.3 is 0 Å². The summed E-state index contributed by atoms with van der Waals surface area (Å²) in [4.78, 5) is 10.7. The van der Waals surface area contributed by atoms with E-state index >= 15 is 0 Å². The van der Waals surface area contributed by atoms with Gasteiger partial charge in [-0.15, -0.1) is 0 Å². The molecule has 3 N–H and O–H groups in total. The van der Waals surface area contributed by atoms with E-state index in [0.717, 1.165) is 24.3 Å². The van der Waals surface area contributed by atoms with Gasteiger partial charge in [-0.3, -0.25) is 0 Å². The Morgan fingerprint density at radius 3 is 2.95 bits per heavy atom. The SMILES string of the molecule is CN(C)c1nccc(NC2CCCc3cc(N)ccc32)n1. The first-order valence-corrected chi connectivity index (χ1v) is 7.28. The number of nitrogens with one attached hydrogen (secondary N) is 1. The second-order valence-electron chi connectivity index (χ2n) is 5.68. The van der Waals surface area contributed by atoms with Gasteiger partial charge in [0.25, 0.3) is 0 Å². The summed E-state index contributed by atoms with van der Waals surface area (Å²) in [6, 6.07) is 8.41. The second-order valence-corrected chi connectivity index (χ2v) is 5.68. The normalized spacial score (nSPS) is 17.1. The minimum atomic E-state index is 0.291. The largest absolute Gasteiger partial charge is 0.399 e. The quantitative estimate of drug-likeness (QED) is 0.848. The van der Waals surface area contributed by atoms with Crippen molar-refractivity contribution in [2.24, 2.45) is 0 Å². The lowest BCUT2D eigenvalue weighted by molar-refractivity contribution is 0.598. The highest BCUT2D eigenvalue weighted by Crippen LogP contribution is 2.33. The van der Waals surface area contributed by atoms with Crippen LogP contribution in [0, 0.1) is 0 Å². The summed E-state index contributed by atoms with van der Waals surface area (Å²) in [5.41, 5.74) is 9.41. The second kappa shape index (κ2) is 5.60. The Hall–Kier alpha value is -2.30. The summed E-state index contributed by atoms with van der Waals surface area (Å²) in [6.07, 6.45) is 5.17. The van der Waals surface area contributed by atoms with Crippen LogP contribution in [-0.4, -0.2) is 24.1 Å². The van der Waals surface area contributed by atoms with Crippen molar-refractivity contribution in [3.8, 4) is 0 Å². The number of fused-ring (bicyclic) bond motifs is 1. The van der Waals surface area contributed by atoms with E-state index in [1.165, 1.54) is 17.5 Å². The maximum absolute atomic E-state index is 5.89. The summed E-state index contributed by atoms with van der Waals surface area (Å²) < 4.78 is 0. The fourth-order valence-corrected chi connectivity index (χ4v) is 2.81. The van der Waals surface area contributed by atoms with Crippen molar-refractivity contribution < 1.29 is 0 Å². The molecule has 2 aromatic rings. The van der Waals surface area contributed by atoms with Crippen LogP contribution in [-0.2, 0) is 6.42 Å². The lowest BCUT2D eigenvalue weighted by Crippen LogP contribution is -2.19. The Morgan fingerprint density at radius 2 is 2.14 bits per heavy atom. The van der Waals surface area contributed by atoms with Gasteiger partial charge < -0.3 is 16.0 Å². The van der Waals surface area contributed by atoms with Crippen molar-refractivity contribution in [2.75, 3.05) is 30.0 Å². The molecule has 1 aliphatic carbocycles. The molecule has 3 rings (SSSR count). The van der Waals surface area contributed by atoms with E-state index < -0.39 is 0 Å². The molecule has 1 aromatic heterocycles. The first kappa shape index (κ1) is 13.7. The average molecular weight is 283 g/mol. The summed E-state index contributed by atoms with van der Waals surface area (Å²) in [7, 11) is 3.88. The minimum Gasteiger partial charge on any atom is -0.399 e. The highest BCUT2D eigenvalue weighted by molar-refractivity contribution is 5.50. The van der Waals surface area contributed by atoms with Gasteiger partial charge in [0.05, 0.1) is 6.04 Å². The minimum absolute atomic E-state index is 0.291. The van der Waals surface area contributed by atoms with E-state index in [-0.39, 0.29) is 0 Å². The fourth-order valence-electron chi connectivity index (χ4n) is 2.81. The van der Waals surface area contributed by atoms with Crippen LogP contribution in [0.1, 0.15) is 30.0 Å².